The second-order valence-electron chi connectivity index (χ2n) is 4.48. The van der Waals surface area contributed by atoms with Gasteiger partial charge in [0.15, 0.2) is 9.84 Å². The smallest absolute Gasteiger partial charge is 0.175 e. The molecule has 0 saturated carbocycles. The first-order valence-corrected chi connectivity index (χ1v) is 9.52. The molecule has 1 aromatic carbocycles. The number of hydrogen-bond donors (Lipinski definition) is 2. The molecule has 0 fully saturated rings. The summed E-state index contributed by atoms with van der Waals surface area (Å²) in [5.74, 6) is 5.40. The van der Waals surface area contributed by atoms with Gasteiger partial charge in [0.1, 0.15) is 9.84 Å². The van der Waals surface area contributed by atoms with Crippen molar-refractivity contribution in [3.8, 4) is 0 Å². The maximum atomic E-state index is 11.3. The second kappa shape index (κ2) is 6.00. The van der Waals surface area contributed by atoms with Gasteiger partial charge >= 0.3 is 0 Å². The molecular weight excluding hydrogens is 288 g/mol. The number of hydrogen-bond acceptors (Lipinski definition) is 6. The zero-order valence-corrected chi connectivity index (χ0v) is 12.5. The minimum absolute atomic E-state index is 0.00962. The third-order valence-corrected chi connectivity index (χ3v) is 4.79. The summed E-state index contributed by atoms with van der Waals surface area (Å²) in [6, 6.07) is 5.89. The van der Waals surface area contributed by atoms with E-state index in [1.165, 1.54) is 12.1 Å². The van der Waals surface area contributed by atoms with Gasteiger partial charge in [0.05, 0.1) is 10.6 Å². The first kappa shape index (κ1) is 16.1. The Morgan fingerprint density at radius 1 is 1.11 bits per heavy atom. The van der Waals surface area contributed by atoms with Crippen molar-refractivity contribution < 1.29 is 16.8 Å². The lowest BCUT2D eigenvalue weighted by molar-refractivity contribution is 0.531. The van der Waals surface area contributed by atoms with Gasteiger partial charge in [-0.25, -0.2) is 16.8 Å². The van der Waals surface area contributed by atoms with Crippen LogP contribution < -0.4 is 11.3 Å². The minimum atomic E-state index is -3.24. The highest BCUT2D eigenvalue weighted by Gasteiger charge is 2.14. The molecule has 0 aliphatic carbocycles. The summed E-state index contributed by atoms with van der Waals surface area (Å²) in [5.41, 5.74) is 3.28. The van der Waals surface area contributed by atoms with Gasteiger partial charge in [-0.1, -0.05) is 12.1 Å². The van der Waals surface area contributed by atoms with Crippen molar-refractivity contribution in [2.24, 2.45) is 5.84 Å². The minimum Gasteiger partial charge on any atom is -0.271 e. The summed E-state index contributed by atoms with van der Waals surface area (Å²) >= 11 is 0. The van der Waals surface area contributed by atoms with Crippen molar-refractivity contribution in [3.05, 3.63) is 29.8 Å². The Balaban J connectivity index is 2.89. The maximum absolute atomic E-state index is 11.3. The molecule has 0 saturated heterocycles. The lowest BCUT2D eigenvalue weighted by Crippen LogP contribution is -2.29. The van der Waals surface area contributed by atoms with Crippen LogP contribution in [0.15, 0.2) is 29.2 Å². The van der Waals surface area contributed by atoms with Crippen LogP contribution in [0.1, 0.15) is 18.0 Å². The van der Waals surface area contributed by atoms with Crippen LogP contribution in [0, 0.1) is 0 Å². The molecule has 108 valence electrons. The monoisotopic (exact) mass is 306 g/mol. The van der Waals surface area contributed by atoms with Crippen LogP contribution in [0.4, 0.5) is 0 Å². The number of sulfone groups is 2. The molecule has 1 aromatic rings. The quantitative estimate of drug-likeness (QED) is 0.567. The molecule has 3 N–H and O–H groups in total. The Hall–Kier alpha value is -0.960. The van der Waals surface area contributed by atoms with Crippen molar-refractivity contribution in [1.29, 1.82) is 0 Å². The van der Waals surface area contributed by atoms with E-state index in [-0.39, 0.29) is 16.7 Å². The predicted octanol–water partition coefficient (Wildman–Crippen LogP) is 0.0292. The number of benzene rings is 1. The highest BCUT2D eigenvalue weighted by Crippen LogP contribution is 2.19. The standard InChI is InChI=1S/C11H18N2O4S2/c1-18(14,15)8-7-11(13-12)9-3-5-10(6-4-9)19(2,16)17/h3-6,11,13H,7-8,12H2,1-2H3. The molecule has 0 bridgehead atoms. The second-order valence-corrected chi connectivity index (χ2v) is 8.75. The van der Waals surface area contributed by atoms with E-state index in [1.54, 1.807) is 12.1 Å². The molecule has 0 radical (unpaired) electrons. The predicted molar refractivity (Wildman–Crippen MR) is 73.9 cm³/mol. The summed E-state index contributed by atoms with van der Waals surface area (Å²) in [6.45, 7) is 0. The highest BCUT2D eigenvalue weighted by atomic mass is 32.2. The number of nitrogens with two attached hydrogens (primary N) is 1. The van der Waals surface area contributed by atoms with Crippen LogP contribution in [0.25, 0.3) is 0 Å². The molecule has 1 unspecified atom stereocenters. The van der Waals surface area contributed by atoms with E-state index in [9.17, 15) is 16.8 Å². The summed E-state index contributed by atoms with van der Waals surface area (Å²) in [5, 5.41) is 0. The first-order valence-electron chi connectivity index (χ1n) is 5.57. The lowest BCUT2D eigenvalue weighted by atomic mass is 10.1. The largest absolute Gasteiger partial charge is 0.271 e. The molecule has 1 rings (SSSR count). The molecule has 0 amide bonds. The molecule has 19 heavy (non-hydrogen) atoms. The highest BCUT2D eigenvalue weighted by molar-refractivity contribution is 7.91. The molecule has 1 atom stereocenters. The maximum Gasteiger partial charge on any atom is 0.175 e. The number of hydrazine groups is 1. The van der Waals surface area contributed by atoms with E-state index in [4.69, 9.17) is 5.84 Å². The van der Waals surface area contributed by atoms with Crippen molar-refractivity contribution >= 4 is 19.7 Å². The summed E-state index contributed by atoms with van der Waals surface area (Å²) in [7, 11) is -6.30. The van der Waals surface area contributed by atoms with Crippen molar-refractivity contribution in [2.75, 3.05) is 18.3 Å². The fourth-order valence-corrected chi connectivity index (χ4v) is 2.92. The van der Waals surface area contributed by atoms with Crippen molar-refractivity contribution in [1.82, 2.24) is 5.43 Å². The van der Waals surface area contributed by atoms with E-state index in [0.29, 0.717) is 6.42 Å². The van der Waals surface area contributed by atoms with Gasteiger partial charge in [0, 0.05) is 18.6 Å². The average Bonchev–Trinajstić information content (AvgIpc) is 2.28. The van der Waals surface area contributed by atoms with Crippen LogP contribution in [0.2, 0.25) is 0 Å². The Morgan fingerprint density at radius 3 is 2.00 bits per heavy atom. The Bertz CT molecular complexity index is 621. The summed E-state index contributed by atoms with van der Waals surface area (Å²) < 4.78 is 44.9. The molecule has 0 aromatic heterocycles. The first-order chi connectivity index (χ1) is 8.63. The van der Waals surface area contributed by atoms with E-state index < -0.39 is 19.7 Å². The summed E-state index contributed by atoms with van der Waals surface area (Å²) in [6.07, 6.45) is 2.62. The average molecular weight is 306 g/mol. The van der Waals surface area contributed by atoms with Crippen molar-refractivity contribution in [2.45, 2.75) is 17.4 Å². The fraction of sp³-hybridized carbons (Fsp3) is 0.455. The normalized spacial score (nSPS) is 14.3. The molecular formula is C11H18N2O4S2. The van der Waals surface area contributed by atoms with Gasteiger partial charge in [-0.05, 0) is 24.1 Å². The SMILES string of the molecule is CS(=O)(=O)CCC(NN)c1ccc(S(C)(=O)=O)cc1. The number of rotatable bonds is 6. The van der Waals surface area contributed by atoms with Crippen LogP contribution in [-0.2, 0) is 19.7 Å². The number of nitrogens with one attached hydrogen (secondary N) is 1. The van der Waals surface area contributed by atoms with Crippen LogP contribution in [0.3, 0.4) is 0 Å². The lowest BCUT2D eigenvalue weighted by Gasteiger charge is -2.16. The molecule has 8 heteroatoms. The van der Waals surface area contributed by atoms with Gasteiger partial charge < -0.3 is 0 Å². The zero-order chi connectivity index (χ0) is 14.7. The third kappa shape index (κ3) is 5.27. The fourth-order valence-electron chi connectivity index (χ4n) is 1.63. The van der Waals surface area contributed by atoms with Gasteiger partial charge in [0.2, 0.25) is 0 Å². The van der Waals surface area contributed by atoms with Crippen molar-refractivity contribution in [3.63, 3.8) is 0 Å². The molecule has 0 spiro atoms. The molecule has 6 nitrogen and oxygen atoms in total. The Morgan fingerprint density at radius 2 is 1.63 bits per heavy atom. The molecule has 0 aliphatic rings. The van der Waals surface area contributed by atoms with Gasteiger partial charge in [-0.3, -0.25) is 11.3 Å². The topological polar surface area (TPSA) is 106 Å². The van der Waals surface area contributed by atoms with Crippen LogP contribution >= 0.6 is 0 Å². The zero-order valence-electron chi connectivity index (χ0n) is 10.8. The van der Waals surface area contributed by atoms with Gasteiger partial charge in [-0.15, -0.1) is 0 Å². The third-order valence-electron chi connectivity index (χ3n) is 2.69. The van der Waals surface area contributed by atoms with Crippen LogP contribution in [-0.4, -0.2) is 35.1 Å². The van der Waals surface area contributed by atoms with E-state index in [0.717, 1.165) is 18.1 Å². The molecule has 0 aliphatic heterocycles. The molecule has 0 heterocycles. The van der Waals surface area contributed by atoms with Crippen LogP contribution in [0.5, 0.6) is 0 Å². The van der Waals surface area contributed by atoms with E-state index >= 15 is 0 Å². The Labute approximate surface area is 113 Å². The summed E-state index contributed by atoms with van der Waals surface area (Å²) in [4.78, 5) is 0.218. The van der Waals surface area contributed by atoms with E-state index in [1.807, 2.05) is 0 Å². The Kier molecular flexibility index (Phi) is 5.08. The van der Waals surface area contributed by atoms with E-state index in [2.05, 4.69) is 5.43 Å². The van der Waals surface area contributed by atoms with Gasteiger partial charge in [-0.2, -0.15) is 0 Å². The van der Waals surface area contributed by atoms with Gasteiger partial charge in [0.25, 0.3) is 0 Å².